The van der Waals surface area contributed by atoms with Crippen molar-refractivity contribution >= 4 is 58.0 Å². The molecular weight excluding hydrogens is 342 g/mol. The molecule has 0 radical (unpaired) electrons. The van der Waals surface area contributed by atoms with Gasteiger partial charge in [0.15, 0.2) is 0 Å². The van der Waals surface area contributed by atoms with Crippen molar-refractivity contribution in [3.63, 3.8) is 0 Å². The summed E-state index contributed by atoms with van der Waals surface area (Å²) in [5.41, 5.74) is 0.238. The summed E-state index contributed by atoms with van der Waals surface area (Å²) in [7, 11) is 0. The molecule has 0 saturated heterocycles. The first kappa shape index (κ1) is 15.3. The van der Waals surface area contributed by atoms with Crippen molar-refractivity contribution in [2.75, 3.05) is 0 Å². The number of hydrogen-bond acceptors (Lipinski definition) is 2. The van der Waals surface area contributed by atoms with Gasteiger partial charge in [0.05, 0.1) is 15.1 Å². The molecule has 2 nitrogen and oxygen atoms in total. The third kappa shape index (κ3) is 3.15. The molecule has 2 aromatic carbocycles. The van der Waals surface area contributed by atoms with Crippen molar-refractivity contribution < 1.29 is 9.59 Å². The van der Waals surface area contributed by atoms with E-state index < -0.39 is 11.6 Å². The molecule has 2 aromatic rings. The van der Waals surface area contributed by atoms with Gasteiger partial charge in [-0.2, -0.15) is 0 Å². The van der Waals surface area contributed by atoms with Crippen molar-refractivity contribution in [3.05, 3.63) is 67.6 Å². The Bertz CT molecular complexity index is 710. The topological polar surface area (TPSA) is 34.1 Å². The van der Waals surface area contributed by atoms with Gasteiger partial charge in [-0.25, -0.2) is 0 Å². The van der Waals surface area contributed by atoms with Crippen LogP contribution < -0.4 is 0 Å². The SMILES string of the molecule is O=C(C(=O)c1ccc(Cl)cc1Cl)c1ccc(Cl)c(Cl)c1. The summed E-state index contributed by atoms with van der Waals surface area (Å²) >= 11 is 23.2. The number of carbonyl (C=O) groups excluding carboxylic acids is 2. The zero-order valence-electron chi connectivity index (χ0n) is 9.79. The van der Waals surface area contributed by atoms with E-state index in [1.54, 1.807) is 0 Å². The van der Waals surface area contributed by atoms with Crippen LogP contribution in [0.25, 0.3) is 0 Å². The Hall–Kier alpha value is -1.06. The van der Waals surface area contributed by atoms with Crippen LogP contribution in [0.2, 0.25) is 20.1 Å². The second-order valence-corrected chi connectivity index (χ2v) is 5.57. The molecule has 0 N–H and O–H groups in total. The van der Waals surface area contributed by atoms with Gasteiger partial charge in [0, 0.05) is 16.1 Å². The van der Waals surface area contributed by atoms with E-state index in [1.165, 1.54) is 36.4 Å². The van der Waals surface area contributed by atoms with Crippen LogP contribution in [0.4, 0.5) is 0 Å². The highest BCUT2D eigenvalue weighted by atomic mass is 35.5. The van der Waals surface area contributed by atoms with Crippen molar-refractivity contribution in [1.29, 1.82) is 0 Å². The molecule has 2 rings (SSSR count). The molecule has 0 bridgehead atoms. The van der Waals surface area contributed by atoms with E-state index in [1.807, 2.05) is 0 Å². The quantitative estimate of drug-likeness (QED) is 0.552. The van der Waals surface area contributed by atoms with Gasteiger partial charge >= 0.3 is 0 Å². The van der Waals surface area contributed by atoms with Crippen molar-refractivity contribution in [2.24, 2.45) is 0 Å². The monoisotopic (exact) mass is 346 g/mol. The van der Waals surface area contributed by atoms with E-state index >= 15 is 0 Å². The molecule has 102 valence electrons. The summed E-state index contributed by atoms with van der Waals surface area (Å²) in [5.74, 6) is -1.45. The predicted molar refractivity (Wildman–Crippen MR) is 81.6 cm³/mol. The highest BCUT2D eigenvalue weighted by Gasteiger charge is 2.21. The van der Waals surface area contributed by atoms with Crippen LogP contribution in [-0.4, -0.2) is 11.6 Å². The second-order valence-electron chi connectivity index (χ2n) is 3.91. The van der Waals surface area contributed by atoms with E-state index in [-0.39, 0.29) is 21.2 Å². The number of Topliss-reactive ketones (excluding diaryl/α,β-unsaturated/α-hetero) is 2. The van der Waals surface area contributed by atoms with Gasteiger partial charge in [-0.3, -0.25) is 9.59 Å². The molecule has 0 fully saturated rings. The summed E-state index contributed by atoms with van der Waals surface area (Å²) in [6.07, 6.45) is 0. The Balaban J connectivity index is 2.37. The van der Waals surface area contributed by atoms with Crippen LogP contribution in [0.5, 0.6) is 0 Å². The van der Waals surface area contributed by atoms with Crippen LogP contribution in [0.1, 0.15) is 20.7 Å². The number of benzene rings is 2. The van der Waals surface area contributed by atoms with Crippen LogP contribution in [-0.2, 0) is 0 Å². The molecule has 0 saturated carbocycles. The van der Waals surface area contributed by atoms with Gasteiger partial charge in [-0.1, -0.05) is 46.4 Å². The maximum atomic E-state index is 12.1. The second kappa shape index (κ2) is 6.15. The lowest BCUT2D eigenvalue weighted by Crippen LogP contribution is -2.15. The molecule has 0 aliphatic rings. The number of halogens is 4. The third-order valence-corrected chi connectivity index (χ3v) is 3.85. The molecular formula is C14H6Cl4O2. The average molecular weight is 348 g/mol. The summed E-state index contributed by atoms with van der Waals surface area (Å²) < 4.78 is 0. The fraction of sp³-hybridized carbons (Fsp3) is 0. The van der Waals surface area contributed by atoms with Gasteiger partial charge in [0.1, 0.15) is 0 Å². The lowest BCUT2D eigenvalue weighted by atomic mass is 10.0. The zero-order chi connectivity index (χ0) is 14.9. The predicted octanol–water partition coefficient (Wildman–Crippen LogP) is 5.37. The zero-order valence-corrected chi connectivity index (χ0v) is 12.8. The maximum absolute atomic E-state index is 12.1. The Morgan fingerprint density at radius 3 is 2.00 bits per heavy atom. The van der Waals surface area contributed by atoms with Gasteiger partial charge in [-0.05, 0) is 36.4 Å². The van der Waals surface area contributed by atoms with Gasteiger partial charge in [0.25, 0.3) is 0 Å². The summed E-state index contributed by atoms with van der Waals surface area (Å²) in [5, 5.41) is 1.01. The fourth-order valence-electron chi connectivity index (χ4n) is 1.56. The summed E-state index contributed by atoms with van der Waals surface area (Å²) in [6.45, 7) is 0. The van der Waals surface area contributed by atoms with E-state index in [2.05, 4.69) is 0 Å². The molecule has 0 aliphatic heterocycles. The van der Waals surface area contributed by atoms with Crippen LogP contribution >= 0.6 is 46.4 Å². The third-order valence-electron chi connectivity index (χ3n) is 2.56. The van der Waals surface area contributed by atoms with Crippen LogP contribution in [0.15, 0.2) is 36.4 Å². The first-order valence-corrected chi connectivity index (χ1v) is 6.90. The Morgan fingerprint density at radius 2 is 1.40 bits per heavy atom. The minimum Gasteiger partial charge on any atom is -0.285 e. The normalized spacial score (nSPS) is 10.4. The van der Waals surface area contributed by atoms with Crippen LogP contribution in [0.3, 0.4) is 0 Å². The van der Waals surface area contributed by atoms with Crippen molar-refractivity contribution in [3.8, 4) is 0 Å². The molecule has 0 spiro atoms. The largest absolute Gasteiger partial charge is 0.285 e. The number of carbonyl (C=O) groups is 2. The lowest BCUT2D eigenvalue weighted by molar-refractivity contribution is 0.0817. The molecule has 0 aromatic heterocycles. The molecule has 0 amide bonds. The fourth-order valence-corrected chi connectivity index (χ4v) is 2.36. The molecule has 20 heavy (non-hydrogen) atoms. The van der Waals surface area contributed by atoms with Gasteiger partial charge in [0.2, 0.25) is 11.6 Å². The smallest absolute Gasteiger partial charge is 0.235 e. The minimum atomic E-state index is -0.731. The Morgan fingerprint density at radius 1 is 0.700 bits per heavy atom. The summed E-state index contributed by atoms with van der Waals surface area (Å²) in [4.78, 5) is 24.2. The standard InChI is InChI=1S/C14H6Cl4O2/c15-8-2-3-9(11(17)6-8)14(20)13(19)7-1-4-10(16)12(18)5-7/h1-6H. The molecule has 0 unspecified atom stereocenters. The number of ketones is 2. The summed E-state index contributed by atoms with van der Waals surface area (Å²) in [6, 6.07) is 8.52. The molecule has 6 heteroatoms. The van der Waals surface area contributed by atoms with Gasteiger partial charge in [-0.15, -0.1) is 0 Å². The van der Waals surface area contributed by atoms with E-state index in [0.717, 1.165) is 0 Å². The van der Waals surface area contributed by atoms with Crippen molar-refractivity contribution in [1.82, 2.24) is 0 Å². The number of rotatable bonds is 3. The van der Waals surface area contributed by atoms with Gasteiger partial charge < -0.3 is 0 Å². The highest BCUT2D eigenvalue weighted by molar-refractivity contribution is 6.52. The van der Waals surface area contributed by atoms with E-state index in [4.69, 9.17) is 46.4 Å². The maximum Gasteiger partial charge on any atom is 0.235 e. The Kier molecular flexibility index (Phi) is 4.71. The highest BCUT2D eigenvalue weighted by Crippen LogP contribution is 2.25. The lowest BCUT2D eigenvalue weighted by Gasteiger charge is -2.04. The minimum absolute atomic E-state index is 0.0899. The number of hydrogen-bond donors (Lipinski definition) is 0. The molecule has 0 heterocycles. The van der Waals surface area contributed by atoms with E-state index in [9.17, 15) is 9.59 Å². The molecule has 0 aliphatic carbocycles. The first-order valence-electron chi connectivity index (χ1n) is 5.39. The first-order chi connectivity index (χ1) is 9.40. The Labute approximate surface area is 135 Å². The van der Waals surface area contributed by atoms with Crippen LogP contribution in [0, 0.1) is 0 Å². The molecule has 0 atom stereocenters. The average Bonchev–Trinajstić information content (AvgIpc) is 2.40. The van der Waals surface area contributed by atoms with Crippen molar-refractivity contribution in [2.45, 2.75) is 0 Å². The van der Waals surface area contributed by atoms with E-state index in [0.29, 0.717) is 10.0 Å².